The molecule has 0 amide bonds. The van der Waals surface area contributed by atoms with Gasteiger partial charge in [0.1, 0.15) is 5.58 Å². The molecule has 0 aliphatic rings. The molecule has 24 heavy (non-hydrogen) atoms. The summed E-state index contributed by atoms with van der Waals surface area (Å²) >= 11 is 0. The second-order valence-corrected chi connectivity index (χ2v) is 7.51. The molecule has 0 spiro atoms. The van der Waals surface area contributed by atoms with Crippen molar-refractivity contribution in [1.29, 1.82) is 0 Å². The number of anilines is 1. The minimum absolute atomic E-state index is 0.198. The van der Waals surface area contributed by atoms with E-state index in [1.165, 1.54) is 6.07 Å². The summed E-state index contributed by atoms with van der Waals surface area (Å²) in [6.45, 7) is 5.44. The zero-order chi connectivity index (χ0) is 17.5. The lowest BCUT2D eigenvalue weighted by molar-refractivity contribution is 0.559. The van der Waals surface area contributed by atoms with Crippen LogP contribution in [-0.2, 0) is 10.0 Å². The molecule has 3 aromatic rings. The van der Waals surface area contributed by atoms with E-state index in [1.807, 2.05) is 6.92 Å². The Bertz CT molecular complexity index is 1080. The first-order valence-electron chi connectivity index (χ1n) is 7.41. The number of fused-ring (bicyclic) bond motifs is 1. The number of sulfonamides is 1. The van der Waals surface area contributed by atoms with Crippen molar-refractivity contribution in [1.82, 2.24) is 0 Å². The molecular formula is C18H17NO4S. The van der Waals surface area contributed by atoms with Crippen LogP contribution in [0.4, 0.5) is 5.69 Å². The van der Waals surface area contributed by atoms with E-state index in [1.54, 1.807) is 50.2 Å². The van der Waals surface area contributed by atoms with Crippen LogP contribution >= 0.6 is 0 Å². The van der Waals surface area contributed by atoms with Crippen LogP contribution in [-0.4, -0.2) is 8.42 Å². The van der Waals surface area contributed by atoms with Crippen LogP contribution in [0.5, 0.6) is 0 Å². The number of aryl methyl sites for hydroxylation is 3. The molecule has 0 unspecified atom stereocenters. The van der Waals surface area contributed by atoms with Crippen molar-refractivity contribution in [3.8, 4) is 0 Å². The van der Waals surface area contributed by atoms with Crippen LogP contribution in [0.25, 0.3) is 11.0 Å². The average Bonchev–Trinajstić information content (AvgIpc) is 2.49. The van der Waals surface area contributed by atoms with E-state index >= 15 is 0 Å². The lowest BCUT2D eigenvalue weighted by Gasteiger charge is -2.12. The Morgan fingerprint density at radius 2 is 1.58 bits per heavy atom. The molecule has 0 saturated heterocycles. The van der Waals surface area contributed by atoms with Crippen LogP contribution in [0.2, 0.25) is 0 Å². The Hall–Kier alpha value is -2.60. The largest absolute Gasteiger partial charge is 0.423 e. The van der Waals surface area contributed by atoms with Gasteiger partial charge in [-0.25, -0.2) is 13.2 Å². The van der Waals surface area contributed by atoms with Crippen LogP contribution < -0.4 is 10.3 Å². The highest BCUT2D eigenvalue weighted by Crippen LogP contribution is 2.27. The predicted octanol–water partition coefficient (Wildman–Crippen LogP) is 3.52. The molecular weight excluding hydrogens is 326 g/mol. The van der Waals surface area contributed by atoms with Gasteiger partial charge in [0.25, 0.3) is 10.0 Å². The number of hydrogen-bond acceptors (Lipinski definition) is 4. The lowest BCUT2D eigenvalue weighted by Crippen LogP contribution is -2.14. The van der Waals surface area contributed by atoms with Crippen molar-refractivity contribution in [3.63, 3.8) is 0 Å². The third-order valence-electron chi connectivity index (χ3n) is 3.87. The number of hydrogen-bond donors (Lipinski definition) is 1. The summed E-state index contributed by atoms with van der Waals surface area (Å²) in [5.74, 6) is 0. The minimum Gasteiger partial charge on any atom is -0.423 e. The zero-order valence-electron chi connectivity index (χ0n) is 13.6. The van der Waals surface area contributed by atoms with E-state index < -0.39 is 15.6 Å². The fraction of sp³-hybridized carbons (Fsp3) is 0.167. The van der Waals surface area contributed by atoms with E-state index in [2.05, 4.69) is 4.72 Å². The highest BCUT2D eigenvalue weighted by molar-refractivity contribution is 7.92. The van der Waals surface area contributed by atoms with Crippen LogP contribution in [0.1, 0.15) is 16.7 Å². The maximum absolute atomic E-state index is 12.6. The molecule has 0 atom stereocenters. The summed E-state index contributed by atoms with van der Waals surface area (Å²) in [6.07, 6.45) is 0. The predicted molar refractivity (Wildman–Crippen MR) is 93.9 cm³/mol. The molecule has 2 aromatic carbocycles. The maximum Gasteiger partial charge on any atom is 0.336 e. The monoisotopic (exact) mass is 343 g/mol. The van der Waals surface area contributed by atoms with E-state index in [-0.39, 0.29) is 4.90 Å². The van der Waals surface area contributed by atoms with Gasteiger partial charge >= 0.3 is 5.63 Å². The summed E-state index contributed by atoms with van der Waals surface area (Å²) in [6, 6.07) is 11.4. The topological polar surface area (TPSA) is 76.4 Å². The van der Waals surface area contributed by atoms with Crippen molar-refractivity contribution in [2.45, 2.75) is 25.7 Å². The first-order valence-corrected chi connectivity index (χ1v) is 8.89. The fourth-order valence-electron chi connectivity index (χ4n) is 2.50. The van der Waals surface area contributed by atoms with Crippen molar-refractivity contribution in [2.24, 2.45) is 0 Å². The van der Waals surface area contributed by atoms with E-state index in [4.69, 9.17) is 4.42 Å². The molecule has 0 radical (unpaired) electrons. The van der Waals surface area contributed by atoms with Gasteiger partial charge in [-0.15, -0.1) is 0 Å². The van der Waals surface area contributed by atoms with Gasteiger partial charge in [-0.3, -0.25) is 4.72 Å². The van der Waals surface area contributed by atoms with E-state index in [0.717, 1.165) is 11.1 Å². The van der Waals surface area contributed by atoms with Gasteiger partial charge in [0.05, 0.1) is 10.6 Å². The SMILES string of the molecule is Cc1ccc(S(=O)(=O)Nc2cc3c(C)cc(=O)oc3cc2C)cc1. The first-order chi connectivity index (χ1) is 11.3. The third-order valence-corrected chi connectivity index (χ3v) is 5.25. The number of rotatable bonds is 3. The smallest absolute Gasteiger partial charge is 0.336 e. The highest BCUT2D eigenvalue weighted by Gasteiger charge is 2.16. The van der Waals surface area contributed by atoms with Crippen molar-refractivity contribution >= 4 is 26.7 Å². The molecule has 0 aliphatic carbocycles. The molecule has 1 heterocycles. The molecule has 6 heteroatoms. The fourth-order valence-corrected chi connectivity index (χ4v) is 3.62. The summed E-state index contributed by atoms with van der Waals surface area (Å²) < 4.78 is 32.9. The van der Waals surface area contributed by atoms with Crippen LogP contribution in [0, 0.1) is 20.8 Å². The highest BCUT2D eigenvalue weighted by atomic mass is 32.2. The van der Waals surface area contributed by atoms with Crippen molar-refractivity contribution < 1.29 is 12.8 Å². The Morgan fingerprint density at radius 3 is 2.25 bits per heavy atom. The molecule has 1 aromatic heterocycles. The molecule has 0 fully saturated rings. The molecule has 0 aliphatic heterocycles. The van der Waals surface area contributed by atoms with Crippen molar-refractivity contribution in [3.05, 3.63) is 69.6 Å². The standard InChI is InChI=1S/C18H17NO4S/c1-11-4-6-14(7-5-11)24(21,22)19-16-10-15-12(2)9-18(20)23-17(15)8-13(16)3/h4-10,19H,1-3H3. The van der Waals surface area contributed by atoms with Gasteiger partial charge in [-0.1, -0.05) is 17.7 Å². The Kier molecular flexibility index (Phi) is 3.93. The molecule has 0 bridgehead atoms. The lowest BCUT2D eigenvalue weighted by atomic mass is 10.1. The average molecular weight is 343 g/mol. The summed E-state index contributed by atoms with van der Waals surface area (Å²) in [5, 5.41) is 0.696. The van der Waals surface area contributed by atoms with Gasteiger partial charge in [-0.05, 0) is 56.2 Å². The van der Waals surface area contributed by atoms with Gasteiger partial charge < -0.3 is 4.42 Å². The Morgan fingerprint density at radius 1 is 0.917 bits per heavy atom. The Labute approximate surface area is 140 Å². The van der Waals surface area contributed by atoms with Crippen LogP contribution in [0.15, 0.2) is 56.6 Å². The van der Waals surface area contributed by atoms with Crippen molar-refractivity contribution in [2.75, 3.05) is 4.72 Å². The maximum atomic E-state index is 12.6. The molecule has 5 nitrogen and oxygen atoms in total. The Balaban J connectivity index is 2.08. The van der Waals surface area contributed by atoms with Gasteiger partial charge in [-0.2, -0.15) is 0 Å². The normalized spacial score (nSPS) is 11.6. The summed E-state index contributed by atoms with van der Waals surface area (Å²) in [4.78, 5) is 11.7. The molecule has 124 valence electrons. The molecule has 3 rings (SSSR count). The number of nitrogens with one attached hydrogen (secondary N) is 1. The van der Waals surface area contributed by atoms with Crippen LogP contribution in [0.3, 0.4) is 0 Å². The second-order valence-electron chi connectivity index (χ2n) is 5.83. The number of benzene rings is 2. The van der Waals surface area contributed by atoms with E-state index in [9.17, 15) is 13.2 Å². The second kappa shape index (κ2) is 5.79. The summed E-state index contributed by atoms with van der Waals surface area (Å²) in [5.41, 5.74) is 2.87. The first kappa shape index (κ1) is 16.3. The zero-order valence-corrected chi connectivity index (χ0v) is 14.4. The van der Waals surface area contributed by atoms with E-state index in [0.29, 0.717) is 22.2 Å². The minimum atomic E-state index is -3.68. The van der Waals surface area contributed by atoms with Gasteiger partial charge in [0, 0.05) is 11.5 Å². The summed E-state index contributed by atoms with van der Waals surface area (Å²) in [7, 11) is -3.68. The quantitative estimate of drug-likeness (QED) is 0.738. The molecule has 1 N–H and O–H groups in total. The van der Waals surface area contributed by atoms with Gasteiger partial charge in [0.15, 0.2) is 0 Å². The third kappa shape index (κ3) is 3.05. The van der Waals surface area contributed by atoms with Gasteiger partial charge in [0.2, 0.25) is 0 Å². The molecule has 0 saturated carbocycles.